The highest BCUT2D eigenvalue weighted by molar-refractivity contribution is 7.99. The summed E-state index contributed by atoms with van der Waals surface area (Å²) in [6.07, 6.45) is 3.98. The van der Waals surface area contributed by atoms with E-state index in [4.69, 9.17) is 4.74 Å². The molecule has 0 saturated carbocycles. The van der Waals surface area contributed by atoms with Crippen molar-refractivity contribution in [3.63, 3.8) is 0 Å². The van der Waals surface area contributed by atoms with E-state index in [0.29, 0.717) is 6.42 Å². The Kier molecular flexibility index (Phi) is 5.75. The number of Topliss-reactive ketones (excluding diaryl/α,β-unsaturated/α-hetero) is 1. The zero-order valence-electron chi connectivity index (χ0n) is 10.6. The number of carbonyl (C=O) groups is 1. The van der Waals surface area contributed by atoms with E-state index in [9.17, 15) is 4.79 Å². The van der Waals surface area contributed by atoms with Gasteiger partial charge in [0, 0.05) is 30.4 Å². The van der Waals surface area contributed by atoms with Crippen LogP contribution in [0.5, 0.6) is 0 Å². The van der Waals surface area contributed by atoms with Crippen molar-refractivity contribution in [2.45, 2.75) is 30.9 Å². The number of benzene rings is 1. The molecular formula is C15H20O2S. The molecule has 0 unspecified atom stereocenters. The second-order valence-electron chi connectivity index (χ2n) is 4.58. The van der Waals surface area contributed by atoms with Crippen LogP contribution < -0.4 is 0 Å². The molecule has 0 N–H and O–H groups in total. The number of ether oxygens (including phenoxy) is 1. The summed E-state index contributed by atoms with van der Waals surface area (Å²) >= 11 is 2.00. The molecule has 0 aliphatic carbocycles. The van der Waals surface area contributed by atoms with Gasteiger partial charge in [-0.05, 0) is 25.0 Å². The van der Waals surface area contributed by atoms with Crippen LogP contribution in [0, 0.1) is 0 Å². The van der Waals surface area contributed by atoms with Gasteiger partial charge in [0.15, 0.2) is 5.78 Å². The predicted octanol–water partition coefficient (Wildman–Crippen LogP) is 3.56. The largest absolute Gasteiger partial charge is 0.381 e. The third-order valence-electron chi connectivity index (χ3n) is 3.17. The topological polar surface area (TPSA) is 26.3 Å². The molecule has 1 aliphatic heterocycles. The van der Waals surface area contributed by atoms with Crippen LogP contribution in [0.25, 0.3) is 0 Å². The van der Waals surface area contributed by atoms with Crippen molar-refractivity contribution < 1.29 is 9.53 Å². The van der Waals surface area contributed by atoms with E-state index < -0.39 is 0 Å². The molecule has 0 radical (unpaired) electrons. The maximum atomic E-state index is 11.9. The monoisotopic (exact) mass is 264 g/mol. The van der Waals surface area contributed by atoms with Crippen molar-refractivity contribution in [3.05, 3.63) is 35.9 Å². The first-order valence-corrected chi connectivity index (χ1v) is 7.69. The fourth-order valence-electron chi connectivity index (χ4n) is 2.09. The number of thioether (sulfide) groups is 1. The van der Waals surface area contributed by atoms with Crippen LogP contribution in [0.2, 0.25) is 0 Å². The number of hydrogen-bond acceptors (Lipinski definition) is 3. The summed E-state index contributed by atoms with van der Waals surface area (Å²) in [6.45, 7) is 1.81. The van der Waals surface area contributed by atoms with E-state index in [0.717, 1.165) is 49.0 Å². The lowest BCUT2D eigenvalue weighted by Crippen LogP contribution is -2.17. The highest BCUT2D eigenvalue weighted by atomic mass is 32.2. The molecule has 98 valence electrons. The second kappa shape index (κ2) is 7.59. The third-order valence-corrected chi connectivity index (χ3v) is 4.63. The zero-order chi connectivity index (χ0) is 12.6. The maximum Gasteiger partial charge on any atom is 0.162 e. The van der Waals surface area contributed by atoms with Crippen LogP contribution in [0.1, 0.15) is 36.0 Å². The second-order valence-corrected chi connectivity index (χ2v) is 5.98. The van der Waals surface area contributed by atoms with Crippen molar-refractivity contribution in [1.82, 2.24) is 0 Å². The van der Waals surface area contributed by atoms with Gasteiger partial charge >= 0.3 is 0 Å². The molecule has 0 bridgehead atoms. The van der Waals surface area contributed by atoms with Crippen molar-refractivity contribution in [2.24, 2.45) is 0 Å². The van der Waals surface area contributed by atoms with Gasteiger partial charge < -0.3 is 4.74 Å². The lowest BCUT2D eigenvalue weighted by atomic mass is 10.1. The number of carbonyl (C=O) groups excluding carboxylic acids is 1. The fourth-order valence-corrected chi connectivity index (χ4v) is 3.26. The van der Waals surface area contributed by atoms with Gasteiger partial charge in [-0.3, -0.25) is 4.79 Å². The Labute approximate surface area is 113 Å². The Morgan fingerprint density at radius 2 is 1.94 bits per heavy atom. The molecule has 1 saturated heterocycles. The Balaban J connectivity index is 1.62. The average molecular weight is 264 g/mol. The normalized spacial score (nSPS) is 16.7. The van der Waals surface area contributed by atoms with E-state index >= 15 is 0 Å². The quantitative estimate of drug-likeness (QED) is 0.580. The van der Waals surface area contributed by atoms with E-state index in [2.05, 4.69) is 0 Å². The van der Waals surface area contributed by atoms with E-state index in [1.807, 2.05) is 42.1 Å². The molecule has 0 amide bonds. The summed E-state index contributed by atoms with van der Waals surface area (Å²) in [6, 6.07) is 9.58. The van der Waals surface area contributed by atoms with Gasteiger partial charge in [-0.1, -0.05) is 30.3 Å². The van der Waals surface area contributed by atoms with Gasteiger partial charge in [-0.2, -0.15) is 11.8 Å². The summed E-state index contributed by atoms with van der Waals surface area (Å²) in [7, 11) is 0. The summed E-state index contributed by atoms with van der Waals surface area (Å²) in [5.41, 5.74) is 0.841. The molecule has 1 fully saturated rings. The summed E-state index contributed by atoms with van der Waals surface area (Å²) < 4.78 is 5.33. The van der Waals surface area contributed by atoms with Crippen LogP contribution in [0.4, 0.5) is 0 Å². The lowest BCUT2D eigenvalue weighted by Gasteiger charge is -2.21. The predicted molar refractivity (Wildman–Crippen MR) is 76.3 cm³/mol. The van der Waals surface area contributed by atoms with Crippen molar-refractivity contribution in [3.8, 4) is 0 Å². The van der Waals surface area contributed by atoms with Crippen LogP contribution in [-0.4, -0.2) is 30.0 Å². The van der Waals surface area contributed by atoms with Crippen molar-refractivity contribution in [2.75, 3.05) is 19.0 Å². The van der Waals surface area contributed by atoms with Gasteiger partial charge in [0.25, 0.3) is 0 Å². The molecule has 0 spiro atoms. The Morgan fingerprint density at radius 3 is 2.67 bits per heavy atom. The van der Waals surface area contributed by atoms with Gasteiger partial charge in [-0.25, -0.2) is 0 Å². The molecule has 3 heteroatoms. The lowest BCUT2D eigenvalue weighted by molar-refractivity contribution is 0.0979. The number of rotatable bonds is 6. The summed E-state index contributed by atoms with van der Waals surface area (Å²) in [4.78, 5) is 11.9. The highest BCUT2D eigenvalue weighted by Crippen LogP contribution is 2.23. The molecule has 2 nitrogen and oxygen atoms in total. The van der Waals surface area contributed by atoms with Gasteiger partial charge in [0.1, 0.15) is 0 Å². The minimum Gasteiger partial charge on any atom is -0.381 e. The molecule has 1 aromatic rings. The van der Waals surface area contributed by atoms with E-state index in [1.54, 1.807) is 0 Å². The average Bonchev–Trinajstić information content (AvgIpc) is 2.45. The molecule has 18 heavy (non-hydrogen) atoms. The van der Waals surface area contributed by atoms with Gasteiger partial charge in [0.05, 0.1) is 0 Å². The van der Waals surface area contributed by atoms with E-state index in [-0.39, 0.29) is 5.78 Å². The molecule has 2 rings (SSSR count). The number of hydrogen-bond donors (Lipinski definition) is 0. The first-order chi connectivity index (χ1) is 8.86. The SMILES string of the molecule is O=C(CCCSC1CCOCC1)c1ccccc1. The van der Waals surface area contributed by atoms with Crippen LogP contribution in [0.3, 0.4) is 0 Å². The van der Waals surface area contributed by atoms with E-state index in [1.165, 1.54) is 0 Å². The first kappa shape index (κ1) is 13.6. The molecular weight excluding hydrogens is 244 g/mol. The summed E-state index contributed by atoms with van der Waals surface area (Å²) in [5, 5.41) is 0.741. The smallest absolute Gasteiger partial charge is 0.162 e. The Hall–Kier alpha value is -0.800. The molecule has 0 atom stereocenters. The Morgan fingerprint density at radius 1 is 1.22 bits per heavy atom. The minimum absolute atomic E-state index is 0.267. The van der Waals surface area contributed by atoms with Gasteiger partial charge in [-0.15, -0.1) is 0 Å². The molecule has 1 heterocycles. The minimum atomic E-state index is 0.267. The van der Waals surface area contributed by atoms with Crippen LogP contribution >= 0.6 is 11.8 Å². The highest BCUT2D eigenvalue weighted by Gasteiger charge is 2.13. The fraction of sp³-hybridized carbons (Fsp3) is 0.533. The standard InChI is InChI=1S/C15H20O2S/c16-15(13-5-2-1-3-6-13)7-4-12-18-14-8-10-17-11-9-14/h1-3,5-6,14H,4,7-12H2. The third kappa shape index (κ3) is 4.46. The molecule has 0 aromatic heterocycles. The van der Waals surface area contributed by atoms with Crippen LogP contribution in [-0.2, 0) is 4.74 Å². The van der Waals surface area contributed by atoms with Crippen molar-refractivity contribution in [1.29, 1.82) is 0 Å². The van der Waals surface area contributed by atoms with Gasteiger partial charge in [0.2, 0.25) is 0 Å². The number of ketones is 1. The first-order valence-electron chi connectivity index (χ1n) is 6.64. The zero-order valence-corrected chi connectivity index (χ0v) is 11.5. The Bertz CT molecular complexity index is 358. The summed E-state index contributed by atoms with van der Waals surface area (Å²) in [5.74, 6) is 1.35. The molecule has 1 aromatic carbocycles. The van der Waals surface area contributed by atoms with Crippen molar-refractivity contribution >= 4 is 17.5 Å². The van der Waals surface area contributed by atoms with Crippen LogP contribution in [0.15, 0.2) is 30.3 Å². The molecule has 1 aliphatic rings. The maximum absolute atomic E-state index is 11.9.